The minimum Gasteiger partial charge on any atom is -0.870 e. The first-order valence-electron chi connectivity index (χ1n) is 0. The average Bonchev–Trinajstić information content (AvgIpc) is 0. The molecule has 0 unspecified atom stereocenters. The van der Waals surface area contributed by atoms with Crippen molar-refractivity contribution in [1.82, 2.24) is 0 Å². The Morgan fingerprint density at radius 1 is 0.750 bits per heavy atom. The molecule has 2 N–H and O–H groups in total. The van der Waals surface area contributed by atoms with Gasteiger partial charge in [0, 0.05) is 0 Å². The fourth-order valence-corrected chi connectivity index (χ4v) is 0. The number of hydrogen-bond donors (Lipinski definition) is 0. The maximum Gasteiger partial charge on any atom is 2.00 e. The van der Waals surface area contributed by atoms with Gasteiger partial charge in [-0.2, -0.15) is 0 Å². The molecule has 0 spiro atoms. The maximum absolute atomic E-state index is 0. The average molecular weight is 304 g/mol. The summed E-state index contributed by atoms with van der Waals surface area (Å²) in [5, 5.41) is 0. The van der Waals surface area contributed by atoms with Crippen molar-refractivity contribution in [2.45, 2.75) is 0 Å². The first kappa shape index (κ1) is 25.7. The van der Waals surface area contributed by atoms with Crippen LogP contribution in [0, 0.1) is 0 Å². The fourth-order valence-electron chi connectivity index (χ4n) is 0. The van der Waals surface area contributed by atoms with Crippen LogP contribution in [0.15, 0.2) is 0 Å². The quantitative estimate of drug-likeness (QED) is 0.432. The van der Waals surface area contributed by atoms with Crippen LogP contribution in [-0.4, -0.2) is 59.8 Å². The topological polar surface area (TPSA) is 60.0 Å². The van der Waals surface area contributed by atoms with Gasteiger partial charge in [0.1, 0.15) is 0 Å². The zero-order valence-corrected chi connectivity index (χ0v) is 13.3. The molecule has 4 heteroatoms. The molecule has 0 aliphatic carbocycles. The predicted octanol–water partition coefficient (Wildman–Crippen LogP) is -3.73. The number of rotatable bonds is 0. The van der Waals surface area contributed by atoms with E-state index in [2.05, 4.69) is 0 Å². The molecule has 0 heterocycles. The van der Waals surface area contributed by atoms with Crippen molar-refractivity contribution >= 4 is 48.9 Å². The second-order valence-electron chi connectivity index (χ2n) is 0. The molecule has 0 aliphatic rings. The fraction of sp³-hybridized carbons (Fsp3) is 0. The molecule has 0 aromatic rings. The molecule has 0 aromatic heterocycles. The van der Waals surface area contributed by atoms with Gasteiger partial charge in [0.25, 0.3) is 0 Å². The van der Waals surface area contributed by atoms with Crippen molar-refractivity contribution in [2.75, 3.05) is 0 Å². The predicted molar refractivity (Wildman–Crippen MR) is 9.63 cm³/mol. The summed E-state index contributed by atoms with van der Waals surface area (Å²) in [7, 11) is 0. The summed E-state index contributed by atoms with van der Waals surface area (Å²) in [6, 6.07) is 0. The summed E-state index contributed by atoms with van der Waals surface area (Å²) in [4.78, 5) is 0. The zero-order chi connectivity index (χ0) is 0. The van der Waals surface area contributed by atoms with Crippen LogP contribution in [-0.2, 0) is 0 Å². The largest absolute Gasteiger partial charge is 2.00 e. The molecule has 16 valence electrons. The summed E-state index contributed by atoms with van der Waals surface area (Å²) in [5.41, 5.74) is 0. The molecule has 0 saturated heterocycles. The van der Waals surface area contributed by atoms with E-state index in [1.54, 1.807) is 0 Å². The molecule has 0 bridgehead atoms. The molecule has 0 amide bonds. The third-order valence-electron chi connectivity index (χ3n) is 0. The first-order valence-corrected chi connectivity index (χ1v) is 0. The van der Waals surface area contributed by atoms with Gasteiger partial charge in [-0.15, -0.1) is 0 Å². The van der Waals surface area contributed by atoms with Crippen LogP contribution in [0.4, 0.5) is 0 Å². The van der Waals surface area contributed by atoms with Crippen molar-refractivity contribution < 1.29 is 79.8 Å². The van der Waals surface area contributed by atoms with Gasteiger partial charge >= 0.3 is 118 Å². The summed E-state index contributed by atoms with van der Waals surface area (Å²) >= 11 is 0. The Hall–Kier alpha value is 3.54. The Bertz CT molecular complexity index is 6.00. The Kier molecular flexibility index (Phi) is 103. The van der Waals surface area contributed by atoms with E-state index in [-0.39, 0.29) is 129 Å². The molecule has 4 heavy (non-hydrogen) atoms. The summed E-state index contributed by atoms with van der Waals surface area (Å²) in [6.45, 7) is 0. The molecule has 0 aliphatic heterocycles. The molecule has 0 saturated carbocycles. The van der Waals surface area contributed by atoms with Gasteiger partial charge in [-0.1, -0.05) is 0 Å². The van der Waals surface area contributed by atoms with E-state index in [0.717, 1.165) is 0 Å². The molecular formula is H2BaCsO2+. The maximum atomic E-state index is 0. The summed E-state index contributed by atoms with van der Waals surface area (Å²) in [5.74, 6) is 0. The van der Waals surface area contributed by atoms with Crippen molar-refractivity contribution in [3.05, 3.63) is 0 Å². The Morgan fingerprint density at radius 3 is 0.750 bits per heavy atom. The molecular weight excluding hydrogens is 302 g/mol. The van der Waals surface area contributed by atoms with E-state index in [0.29, 0.717) is 0 Å². The summed E-state index contributed by atoms with van der Waals surface area (Å²) in [6.07, 6.45) is 0. The minimum absolute atomic E-state index is 0. The summed E-state index contributed by atoms with van der Waals surface area (Å²) < 4.78 is 0. The van der Waals surface area contributed by atoms with Crippen LogP contribution in [0.5, 0.6) is 0 Å². The van der Waals surface area contributed by atoms with Gasteiger partial charge in [0.15, 0.2) is 0 Å². The minimum atomic E-state index is 0. The SMILES string of the molecule is [Ba+2].[Cs+].[OH-].[OH-]. The third-order valence-corrected chi connectivity index (χ3v) is 0. The molecule has 0 radical (unpaired) electrons. The van der Waals surface area contributed by atoms with Gasteiger partial charge in [-0.3, -0.25) is 0 Å². The van der Waals surface area contributed by atoms with E-state index in [9.17, 15) is 0 Å². The van der Waals surface area contributed by atoms with E-state index in [4.69, 9.17) is 0 Å². The normalized spacial score (nSPS) is 0. The smallest absolute Gasteiger partial charge is 0.870 e. The molecule has 0 rings (SSSR count). The van der Waals surface area contributed by atoms with Crippen LogP contribution in [0.3, 0.4) is 0 Å². The van der Waals surface area contributed by atoms with E-state index < -0.39 is 0 Å². The van der Waals surface area contributed by atoms with E-state index in [1.165, 1.54) is 0 Å². The monoisotopic (exact) mass is 305 g/mol. The zero-order valence-electron chi connectivity index (χ0n) is 2.60. The van der Waals surface area contributed by atoms with E-state index in [1.807, 2.05) is 0 Å². The first-order chi connectivity index (χ1) is 0. The Balaban J connectivity index is 0. The Labute approximate surface area is 124 Å². The molecule has 0 atom stereocenters. The van der Waals surface area contributed by atoms with Crippen molar-refractivity contribution in [1.29, 1.82) is 0 Å². The Morgan fingerprint density at radius 2 is 0.750 bits per heavy atom. The second-order valence-corrected chi connectivity index (χ2v) is 0. The second kappa shape index (κ2) is 16.0. The number of hydrogen-bond acceptors (Lipinski definition) is 2. The van der Waals surface area contributed by atoms with Crippen molar-refractivity contribution in [3.8, 4) is 0 Å². The standard InChI is InChI=1S/Ba.Cs.2H2O/h;;2*1H2/q+2;+1;;/p-2. The van der Waals surface area contributed by atoms with Gasteiger partial charge in [0.2, 0.25) is 0 Å². The van der Waals surface area contributed by atoms with Crippen LogP contribution in [0.25, 0.3) is 0 Å². The van der Waals surface area contributed by atoms with Crippen LogP contribution >= 0.6 is 0 Å². The molecule has 0 aromatic carbocycles. The van der Waals surface area contributed by atoms with Crippen LogP contribution in [0.2, 0.25) is 0 Å². The van der Waals surface area contributed by atoms with Gasteiger partial charge < -0.3 is 11.0 Å². The van der Waals surface area contributed by atoms with Crippen LogP contribution in [0.1, 0.15) is 0 Å². The molecule has 2 nitrogen and oxygen atoms in total. The van der Waals surface area contributed by atoms with Gasteiger partial charge in [0.05, 0.1) is 0 Å². The van der Waals surface area contributed by atoms with Crippen molar-refractivity contribution in [3.63, 3.8) is 0 Å². The van der Waals surface area contributed by atoms with Gasteiger partial charge in [-0.25, -0.2) is 0 Å². The van der Waals surface area contributed by atoms with Crippen molar-refractivity contribution in [2.24, 2.45) is 0 Å². The van der Waals surface area contributed by atoms with Gasteiger partial charge in [-0.05, 0) is 0 Å². The van der Waals surface area contributed by atoms with E-state index >= 15 is 0 Å². The molecule has 0 fully saturated rings. The van der Waals surface area contributed by atoms with Crippen LogP contribution < -0.4 is 68.9 Å². The third kappa shape index (κ3) is 9.11.